The van der Waals surface area contributed by atoms with Crippen molar-refractivity contribution in [2.75, 3.05) is 13.1 Å². The fourth-order valence-corrected chi connectivity index (χ4v) is 5.92. The number of para-hydroxylation sites is 1. The summed E-state index contributed by atoms with van der Waals surface area (Å²) in [6.45, 7) is 0.681. The number of alkyl halides is 3. The number of carbonyl (C=O) groups excluding carboxylic acids is 2. The molecule has 2 aromatic heterocycles. The maximum atomic E-state index is 13.2. The number of fused-ring (bicyclic) bond motifs is 2. The molecule has 1 aliphatic heterocycles. The minimum absolute atomic E-state index is 0.00453. The SMILES string of the molecule is Cn1cc(CCNC(=O)CC2(CC(=O)N3CCn4c(nnc4C(F)(F)F)C3)CCCC2)c2ccccc21. The molecule has 0 spiro atoms. The molecule has 198 valence electrons. The first-order valence-corrected chi connectivity index (χ1v) is 12.7. The number of nitrogens with zero attached hydrogens (tertiary/aromatic N) is 5. The molecule has 2 aliphatic rings. The molecule has 3 aromatic rings. The van der Waals surface area contributed by atoms with Crippen LogP contribution in [0.1, 0.15) is 55.7 Å². The Morgan fingerprint density at radius 2 is 1.84 bits per heavy atom. The molecule has 2 amide bonds. The number of rotatable bonds is 7. The minimum Gasteiger partial charge on any atom is -0.356 e. The van der Waals surface area contributed by atoms with Crippen LogP contribution in [0.3, 0.4) is 0 Å². The van der Waals surface area contributed by atoms with E-state index in [1.54, 1.807) is 4.90 Å². The second-order valence-corrected chi connectivity index (χ2v) is 10.3. The Morgan fingerprint density at radius 1 is 1.08 bits per heavy atom. The minimum atomic E-state index is -4.58. The van der Waals surface area contributed by atoms with Gasteiger partial charge in [-0.3, -0.25) is 9.59 Å². The predicted molar refractivity (Wildman–Crippen MR) is 130 cm³/mol. The van der Waals surface area contributed by atoms with Gasteiger partial charge < -0.3 is 19.4 Å². The molecule has 11 heteroatoms. The van der Waals surface area contributed by atoms with Crippen molar-refractivity contribution in [3.8, 4) is 0 Å². The lowest BCUT2D eigenvalue weighted by atomic mass is 9.78. The molecule has 1 saturated carbocycles. The number of hydrogen-bond donors (Lipinski definition) is 1. The molecule has 37 heavy (non-hydrogen) atoms. The van der Waals surface area contributed by atoms with Crippen molar-refractivity contribution in [2.45, 2.75) is 64.2 Å². The molecule has 1 N–H and O–H groups in total. The van der Waals surface area contributed by atoms with E-state index in [0.717, 1.165) is 35.8 Å². The van der Waals surface area contributed by atoms with Crippen molar-refractivity contribution < 1.29 is 22.8 Å². The first-order chi connectivity index (χ1) is 17.7. The lowest BCUT2D eigenvalue weighted by Gasteiger charge is -2.33. The van der Waals surface area contributed by atoms with E-state index in [4.69, 9.17) is 0 Å². The fraction of sp³-hybridized carbons (Fsp3) is 0.538. The largest absolute Gasteiger partial charge is 0.451 e. The third kappa shape index (κ3) is 5.21. The number of nitrogens with one attached hydrogen (secondary N) is 1. The van der Waals surface area contributed by atoms with Crippen LogP contribution < -0.4 is 5.32 Å². The van der Waals surface area contributed by atoms with Gasteiger partial charge in [-0.15, -0.1) is 10.2 Å². The van der Waals surface area contributed by atoms with Gasteiger partial charge in [-0.25, -0.2) is 0 Å². The van der Waals surface area contributed by atoms with E-state index in [1.165, 1.54) is 10.9 Å². The van der Waals surface area contributed by atoms with E-state index in [-0.39, 0.29) is 50.1 Å². The van der Waals surface area contributed by atoms with E-state index in [0.29, 0.717) is 13.0 Å². The van der Waals surface area contributed by atoms with Gasteiger partial charge in [-0.2, -0.15) is 13.2 Å². The smallest absolute Gasteiger partial charge is 0.356 e. The summed E-state index contributed by atoms with van der Waals surface area (Å²) in [5.41, 5.74) is 1.91. The van der Waals surface area contributed by atoms with Crippen LogP contribution >= 0.6 is 0 Å². The second-order valence-electron chi connectivity index (χ2n) is 10.3. The highest BCUT2D eigenvalue weighted by molar-refractivity contribution is 5.84. The summed E-state index contributed by atoms with van der Waals surface area (Å²) in [5.74, 6) is -1.10. The van der Waals surface area contributed by atoms with Gasteiger partial charge in [0.05, 0.1) is 6.54 Å². The molecule has 0 radical (unpaired) electrons. The van der Waals surface area contributed by atoms with E-state index in [1.807, 2.05) is 19.2 Å². The summed E-state index contributed by atoms with van der Waals surface area (Å²) in [6, 6.07) is 8.16. The Balaban J connectivity index is 1.17. The zero-order valence-electron chi connectivity index (χ0n) is 20.9. The summed E-state index contributed by atoms with van der Waals surface area (Å²) >= 11 is 0. The summed E-state index contributed by atoms with van der Waals surface area (Å²) < 4.78 is 42.5. The van der Waals surface area contributed by atoms with Gasteiger partial charge in [0.25, 0.3) is 0 Å². The fourth-order valence-electron chi connectivity index (χ4n) is 5.92. The Morgan fingerprint density at radius 3 is 2.59 bits per heavy atom. The number of amides is 2. The third-order valence-corrected chi connectivity index (χ3v) is 7.78. The Labute approximate surface area is 212 Å². The molecular formula is C26H31F3N6O2. The number of benzene rings is 1. The Hall–Kier alpha value is -3.37. The van der Waals surface area contributed by atoms with Gasteiger partial charge in [0, 0.05) is 56.6 Å². The summed E-state index contributed by atoms with van der Waals surface area (Å²) in [4.78, 5) is 27.6. The Kier molecular flexibility index (Phi) is 6.72. The normalized spacial score (nSPS) is 17.2. The van der Waals surface area contributed by atoms with Crippen molar-refractivity contribution >= 4 is 22.7 Å². The Bertz CT molecular complexity index is 1310. The van der Waals surface area contributed by atoms with Crippen molar-refractivity contribution in [2.24, 2.45) is 12.5 Å². The lowest BCUT2D eigenvalue weighted by Crippen LogP contribution is -2.42. The molecule has 1 aliphatic carbocycles. The maximum Gasteiger partial charge on any atom is 0.451 e. The standard InChI is InChI=1S/C26H31F3N6O2/c1-33-16-18(19-6-2-3-7-20(19)33)8-11-30-22(36)14-25(9-4-5-10-25)15-23(37)34-12-13-35-21(17-34)31-32-24(35)26(27,28)29/h2-3,6-7,16H,4-5,8-15,17H2,1H3,(H,30,36). The van der Waals surface area contributed by atoms with Crippen LogP contribution in [-0.4, -0.2) is 49.1 Å². The molecule has 0 saturated heterocycles. The van der Waals surface area contributed by atoms with Gasteiger partial charge >= 0.3 is 6.18 Å². The van der Waals surface area contributed by atoms with Gasteiger partial charge in [-0.05, 0) is 36.3 Å². The lowest BCUT2D eigenvalue weighted by molar-refractivity contribution is -0.148. The molecule has 8 nitrogen and oxygen atoms in total. The number of halogens is 3. The predicted octanol–water partition coefficient (Wildman–Crippen LogP) is 3.83. The number of hydrogen-bond acceptors (Lipinski definition) is 4. The molecule has 0 unspecified atom stereocenters. The van der Waals surface area contributed by atoms with Crippen LogP contribution in [0.5, 0.6) is 0 Å². The van der Waals surface area contributed by atoms with Crippen LogP contribution in [0, 0.1) is 5.41 Å². The van der Waals surface area contributed by atoms with Gasteiger partial charge in [0.1, 0.15) is 0 Å². The highest BCUT2D eigenvalue weighted by Crippen LogP contribution is 2.44. The monoisotopic (exact) mass is 516 g/mol. The van der Waals surface area contributed by atoms with E-state index in [2.05, 4.69) is 38.4 Å². The molecule has 0 atom stereocenters. The van der Waals surface area contributed by atoms with Gasteiger partial charge in [-0.1, -0.05) is 31.0 Å². The van der Waals surface area contributed by atoms with E-state index < -0.39 is 17.4 Å². The third-order valence-electron chi connectivity index (χ3n) is 7.78. The van der Waals surface area contributed by atoms with Crippen LogP contribution in [-0.2, 0) is 42.3 Å². The first-order valence-electron chi connectivity index (χ1n) is 12.7. The van der Waals surface area contributed by atoms with Crippen molar-refractivity contribution in [3.63, 3.8) is 0 Å². The summed E-state index contributed by atoms with van der Waals surface area (Å²) in [7, 11) is 2.01. The van der Waals surface area contributed by atoms with E-state index in [9.17, 15) is 22.8 Å². The van der Waals surface area contributed by atoms with Crippen molar-refractivity contribution in [1.29, 1.82) is 0 Å². The van der Waals surface area contributed by atoms with Crippen molar-refractivity contribution in [3.05, 3.63) is 47.7 Å². The molecule has 0 bridgehead atoms. The number of aromatic nitrogens is 4. The van der Waals surface area contributed by atoms with Gasteiger partial charge in [0.2, 0.25) is 17.6 Å². The first kappa shape index (κ1) is 25.3. The van der Waals surface area contributed by atoms with Crippen LogP contribution in [0.4, 0.5) is 13.2 Å². The summed E-state index contributed by atoms with van der Waals surface area (Å²) in [6.07, 6.45) is 2.21. The zero-order valence-corrected chi connectivity index (χ0v) is 20.9. The zero-order chi connectivity index (χ0) is 26.2. The molecule has 1 aromatic carbocycles. The molecule has 5 rings (SSSR count). The number of carbonyl (C=O) groups is 2. The highest BCUT2D eigenvalue weighted by atomic mass is 19.4. The van der Waals surface area contributed by atoms with Crippen molar-refractivity contribution in [1.82, 2.24) is 29.5 Å². The van der Waals surface area contributed by atoms with Crippen LogP contribution in [0.25, 0.3) is 10.9 Å². The summed E-state index contributed by atoms with van der Waals surface area (Å²) in [5, 5.41) is 11.2. The van der Waals surface area contributed by atoms with Crippen LogP contribution in [0.2, 0.25) is 0 Å². The van der Waals surface area contributed by atoms with E-state index >= 15 is 0 Å². The topological polar surface area (TPSA) is 85.0 Å². The molecular weight excluding hydrogens is 485 g/mol. The second kappa shape index (κ2) is 9.83. The average molecular weight is 517 g/mol. The molecule has 3 heterocycles. The van der Waals surface area contributed by atoms with Gasteiger partial charge in [0.15, 0.2) is 5.82 Å². The molecule has 1 fully saturated rings. The highest BCUT2D eigenvalue weighted by Gasteiger charge is 2.42. The quantitative estimate of drug-likeness (QED) is 0.517. The number of aryl methyl sites for hydroxylation is 1. The maximum absolute atomic E-state index is 13.2. The average Bonchev–Trinajstić information content (AvgIpc) is 3.56. The van der Waals surface area contributed by atoms with Crippen LogP contribution in [0.15, 0.2) is 30.5 Å².